The van der Waals surface area contributed by atoms with Gasteiger partial charge >= 0.3 is 0 Å². The fourth-order valence-corrected chi connectivity index (χ4v) is 5.36. The Morgan fingerprint density at radius 3 is 2.69 bits per heavy atom. The van der Waals surface area contributed by atoms with Gasteiger partial charge in [0, 0.05) is 36.3 Å². The topological polar surface area (TPSA) is 62.2 Å². The number of aromatic nitrogens is 3. The standard InChI is InChI=1S/C26H33N5O/c1-19-23-10-11-24(32)31(18-22-9-5-6-14-27-22)26(23)29-25(28-19)21-12-15-30(16-13-21)17-20-7-3-2-4-8-20/h2-3,5-6,9,14,20-21H,4,7-8,10-13,15-18H2,1H3. The van der Waals surface area contributed by atoms with Crippen molar-refractivity contribution in [2.24, 2.45) is 5.92 Å². The average molecular weight is 432 g/mol. The van der Waals surface area contributed by atoms with Crippen LogP contribution >= 0.6 is 0 Å². The number of amides is 1. The highest BCUT2D eigenvalue weighted by molar-refractivity contribution is 5.95. The average Bonchev–Trinajstić information content (AvgIpc) is 2.83. The second-order valence-corrected chi connectivity index (χ2v) is 9.50. The first kappa shape index (κ1) is 21.3. The van der Waals surface area contributed by atoms with Gasteiger partial charge in [-0.1, -0.05) is 18.2 Å². The lowest BCUT2D eigenvalue weighted by molar-refractivity contribution is -0.119. The lowest BCUT2D eigenvalue weighted by Crippen LogP contribution is -2.38. The number of carbonyl (C=O) groups is 1. The number of allylic oxidation sites excluding steroid dienone is 2. The number of hydrogen-bond donors (Lipinski definition) is 0. The summed E-state index contributed by atoms with van der Waals surface area (Å²) >= 11 is 0. The molecule has 3 aliphatic rings. The van der Waals surface area contributed by atoms with Crippen LogP contribution in [-0.2, 0) is 17.8 Å². The number of nitrogens with zero attached hydrogens (tertiary/aromatic N) is 5. The molecule has 168 valence electrons. The van der Waals surface area contributed by atoms with Crippen LogP contribution in [0.5, 0.6) is 0 Å². The first-order valence-electron chi connectivity index (χ1n) is 12.1. The molecule has 5 rings (SSSR count). The predicted molar refractivity (Wildman–Crippen MR) is 125 cm³/mol. The van der Waals surface area contributed by atoms with E-state index in [1.54, 1.807) is 6.20 Å². The molecule has 1 unspecified atom stereocenters. The Labute approximate surface area is 190 Å². The van der Waals surface area contributed by atoms with Gasteiger partial charge in [-0.25, -0.2) is 9.97 Å². The fourth-order valence-electron chi connectivity index (χ4n) is 5.36. The van der Waals surface area contributed by atoms with E-state index in [0.717, 1.165) is 66.9 Å². The van der Waals surface area contributed by atoms with Gasteiger partial charge in [-0.2, -0.15) is 0 Å². The molecular formula is C26H33N5O. The SMILES string of the molecule is Cc1nc(C2CCN(CC3CC=CCC3)CC2)nc2c1CCC(=O)N2Cc1ccccn1. The van der Waals surface area contributed by atoms with E-state index in [1.165, 1.54) is 25.8 Å². The van der Waals surface area contributed by atoms with Gasteiger partial charge < -0.3 is 4.90 Å². The Kier molecular flexibility index (Phi) is 6.30. The molecule has 1 aliphatic carbocycles. The number of aryl methyl sites for hydroxylation is 1. The van der Waals surface area contributed by atoms with Crippen LogP contribution in [0.15, 0.2) is 36.5 Å². The molecular weight excluding hydrogens is 398 g/mol. The van der Waals surface area contributed by atoms with Crippen molar-refractivity contribution >= 4 is 11.7 Å². The Hall–Kier alpha value is -2.60. The summed E-state index contributed by atoms with van der Waals surface area (Å²) in [6.07, 6.45) is 13.7. The van der Waals surface area contributed by atoms with Crippen molar-refractivity contribution in [3.8, 4) is 0 Å². The van der Waals surface area contributed by atoms with Crippen molar-refractivity contribution in [1.29, 1.82) is 0 Å². The monoisotopic (exact) mass is 431 g/mol. The van der Waals surface area contributed by atoms with E-state index in [9.17, 15) is 4.79 Å². The van der Waals surface area contributed by atoms with Gasteiger partial charge in [-0.15, -0.1) is 0 Å². The van der Waals surface area contributed by atoms with Crippen LogP contribution in [0.25, 0.3) is 0 Å². The molecule has 1 atom stereocenters. The van der Waals surface area contributed by atoms with Crippen LogP contribution in [-0.4, -0.2) is 45.4 Å². The number of fused-ring (bicyclic) bond motifs is 1. The van der Waals surface area contributed by atoms with Gasteiger partial charge in [-0.05, 0) is 76.6 Å². The van der Waals surface area contributed by atoms with Crippen LogP contribution in [0.4, 0.5) is 5.82 Å². The Bertz CT molecular complexity index is 981. The number of pyridine rings is 1. The summed E-state index contributed by atoms with van der Waals surface area (Å²) in [6, 6.07) is 5.83. The van der Waals surface area contributed by atoms with Crippen LogP contribution in [0, 0.1) is 12.8 Å². The zero-order valence-electron chi connectivity index (χ0n) is 19.0. The van der Waals surface area contributed by atoms with E-state index in [4.69, 9.17) is 9.97 Å². The number of carbonyl (C=O) groups excluding carboxylic acids is 1. The maximum Gasteiger partial charge on any atom is 0.228 e. The number of anilines is 1. The summed E-state index contributed by atoms with van der Waals surface area (Å²) in [5.74, 6) is 3.04. The summed E-state index contributed by atoms with van der Waals surface area (Å²) in [6.45, 7) is 5.98. The summed E-state index contributed by atoms with van der Waals surface area (Å²) in [5, 5.41) is 0. The van der Waals surface area contributed by atoms with Crippen molar-refractivity contribution in [1.82, 2.24) is 19.9 Å². The van der Waals surface area contributed by atoms with Crippen molar-refractivity contribution in [2.75, 3.05) is 24.5 Å². The number of likely N-dealkylation sites (tertiary alicyclic amines) is 1. The molecule has 0 bridgehead atoms. The first-order valence-corrected chi connectivity index (χ1v) is 12.1. The minimum Gasteiger partial charge on any atom is -0.303 e. The molecule has 0 radical (unpaired) electrons. The highest BCUT2D eigenvalue weighted by Gasteiger charge is 2.31. The van der Waals surface area contributed by atoms with Crippen molar-refractivity contribution in [3.05, 3.63) is 59.3 Å². The van der Waals surface area contributed by atoms with Gasteiger partial charge in [0.15, 0.2) is 0 Å². The number of hydrogen-bond acceptors (Lipinski definition) is 5. The van der Waals surface area contributed by atoms with Crippen LogP contribution in [0.2, 0.25) is 0 Å². The molecule has 0 N–H and O–H groups in total. The molecule has 4 heterocycles. The lowest BCUT2D eigenvalue weighted by Gasteiger charge is -2.35. The second-order valence-electron chi connectivity index (χ2n) is 9.50. The van der Waals surface area contributed by atoms with E-state index in [-0.39, 0.29) is 5.91 Å². The normalized spacial score (nSPS) is 22.2. The third-order valence-electron chi connectivity index (χ3n) is 7.25. The lowest BCUT2D eigenvalue weighted by atomic mass is 9.91. The smallest absolute Gasteiger partial charge is 0.228 e. The minimum absolute atomic E-state index is 0.128. The zero-order valence-corrected chi connectivity index (χ0v) is 19.0. The molecule has 1 fully saturated rings. The van der Waals surface area contributed by atoms with E-state index >= 15 is 0 Å². The van der Waals surface area contributed by atoms with Crippen molar-refractivity contribution in [2.45, 2.75) is 64.3 Å². The molecule has 0 spiro atoms. The highest BCUT2D eigenvalue weighted by Crippen LogP contribution is 2.33. The van der Waals surface area contributed by atoms with Crippen LogP contribution in [0.1, 0.15) is 67.2 Å². The number of rotatable bonds is 5. The van der Waals surface area contributed by atoms with Gasteiger partial charge in [0.05, 0.1) is 12.2 Å². The summed E-state index contributed by atoms with van der Waals surface area (Å²) < 4.78 is 0. The van der Waals surface area contributed by atoms with Crippen molar-refractivity contribution in [3.63, 3.8) is 0 Å². The minimum atomic E-state index is 0.128. The molecule has 6 nitrogen and oxygen atoms in total. The fraction of sp³-hybridized carbons (Fsp3) is 0.538. The van der Waals surface area contributed by atoms with Gasteiger partial charge in [-0.3, -0.25) is 14.7 Å². The molecule has 0 saturated carbocycles. The number of piperidine rings is 1. The molecule has 2 aromatic rings. The summed E-state index contributed by atoms with van der Waals surface area (Å²) in [4.78, 5) is 31.6. The quantitative estimate of drug-likeness (QED) is 0.664. The molecule has 2 aliphatic heterocycles. The zero-order chi connectivity index (χ0) is 21.9. The van der Waals surface area contributed by atoms with E-state index in [0.29, 0.717) is 18.9 Å². The maximum atomic E-state index is 12.8. The predicted octanol–water partition coefficient (Wildman–Crippen LogP) is 4.20. The maximum absolute atomic E-state index is 12.8. The highest BCUT2D eigenvalue weighted by atomic mass is 16.2. The van der Waals surface area contributed by atoms with Gasteiger partial charge in [0.2, 0.25) is 5.91 Å². The Morgan fingerprint density at radius 1 is 1.06 bits per heavy atom. The molecule has 1 saturated heterocycles. The van der Waals surface area contributed by atoms with Crippen LogP contribution < -0.4 is 4.90 Å². The second kappa shape index (κ2) is 9.49. The van der Waals surface area contributed by atoms with Crippen molar-refractivity contribution < 1.29 is 4.79 Å². The Balaban J connectivity index is 1.31. The summed E-state index contributed by atoms with van der Waals surface area (Å²) in [7, 11) is 0. The largest absolute Gasteiger partial charge is 0.303 e. The van der Waals surface area contributed by atoms with E-state index < -0.39 is 0 Å². The molecule has 1 amide bonds. The van der Waals surface area contributed by atoms with Gasteiger partial charge in [0.25, 0.3) is 0 Å². The first-order chi connectivity index (χ1) is 15.7. The molecule has 6 heteroatoms. The van der Waals surface area contributed by atoms with E-state index in [2.05, 4.69) is 29.0 Å². The third-order valence-corrected chi connectivity index (χ3v) is 7.25. The molecule has 0 aromatic carbocycles. The van der Waals surface area contributed by atoms with Crippen LogP contribution in [0.3, 0.4) is 0 Å². The third kappa shape index (κ3) is 4.60. The summed E-state index contributed by atoms with van der Waals surface area (Å²) in [5.41, 5.74) is 3.03. The Morgan fingerprint density at radius 2 is 1.94 bits per heavy atom. The molecule has 2 aromatic heterocycles. The molecule has 32 heavy (non-hydrogen) atoms. The van der Waals surface area contributed by atoms with E-state index in [1.807, 2.05) is 23.1 Å². The van der Waals surface area contributed by atoms with Gasteiger partial charge in [0.1, 0.15) is 11.6 Å².